The van der Waals surface area contributed by atoms with Crippen molar-refractivity contribution in [2.75, 3.05) is 19.5 Å². The van der Waals surface area contributed by atoms with Gasteiger partial charge in [0.25, 0.3) is 5.91 Å². The maximum atomic E-state index is 13.6. The number of amides is 1. The summed E-state index contributed by atoms with van der Waals surface area (Å²) in [5, 5.41) is 0. The highest BCUT2D eigenvalue weighted by atomic mass is 32.2. The zero-order chi connectivity index (χ0) is 20.3. The van der Waals surface area contributed by atoms with E-state index in [9.17, 15) is 17.6 Å². The number of benzene rings is 2. The molecule has 9 heteroatoms. The number of ether oxygens (including phenoxy) is 1. The Hall–Kier alpha value is -2.36. The minimum absolute atomic E-state index is 0.0549. The monoisotopic (exact) mass is 422 g/mol. The number of rotatable bonds is 6. The van der Waals surface area contributed by atoms with Gasteiger partial charge >= 0.3 is 0 Å². The lowest BCUT2D eigenvalue weighted by Gasteiger charge is -2.05. The summed E-state index contributed by atoms with van der Waals surface area (Å²) >= 11 is 1.19. The van der Waals surface area contributed by atoms with Crippen molar-refractivity contribution in [1.29, 1.82) is 0 Å². The predicted molar refractivity (Wildman–Crippen MR) is 106 cm³/mol. The lowest BCUT2D eigenvalue weighted by Crippen LogP contribution is -2.19. The van der Waals surface area contributed by atoms with Crippen molar-refractivity contribution in [3.05, 3.63) is 58.6 Å². The zero-order valence-corrected chi connectivity index (χ0v) is 17.0. The van der Waals surface area contributed by atoms with Gasteiger partial charge in [-0.05, 0) is 36.4 Å². The van der Waals surface area contributed by atoms with E-state index in [1.807, 2.05) is 0 Å². The van der Waals surface area contributed by atoms with Crippen LogP contribution in [0.5, 0.6) is 0 Å². The molecule has 148 valence electrons. The first-order chi connectivity index (χ1) is 13.4. The molecule has 28 heavy (non-hydrogen) atoms. The Morgan fingerprint density at radius 2 is 2.04 bits per heavy atom. The summed E-state index contributed by atoms with van der Waals surface area (Å²) in [4.78, 5) is 17.3. The molecule has 0 N–H and O–H groups in total. The van der Waals surface area contributed by atoms with Crippen molar-refractivity contribution in [2.45, 2.75) is 18.4 Å². The third-order valence-electron chi connectivity index (χ3n) is 4.18. The molecule has 0 radical (unpaired) electrons. The first kappa shape index (κ1) is 20.4. The van der Waals surface area contributed by atoms with Gasteiger partial charge in [0.1, 0.15) is 5.82 Å². The smallest absolute Gasteiger partial charge is 0.279 e. The zero-order valence-electron chi connectivity index (χ0n) is 15.4. The summed E-state index contributed by atoms with van der Waals surface area (Å²) in [6, 6.07) is 10.2. The van der Waals surface area contributed by atoms with Crippen molar-refractivity contribution in [2.24, 2.45) is 4.99 Å². The Kier molecular flexibility index (Phi) is 6.07. The van der Waals surface area contributed by atoms with Crippen molar-refractivity contribution in [1.82, 2.24) is 4.57 Å². The molecule has 0 unspecified atom stereocenters. The summed E-state index contributed by atoms with van der Waals surface area (Å²) in [7, 11) is -1.86. The van der Waals surface area contributed by atoms with E-state index in [2.05, 4.69) is 4.99 Å². The lowest BCUT2D eigenvalue weighted by molar-refractivity contribution is 0.0997. The van der Waals surface area contributed by atoms with Crippen molar-refractivity contribution in [3.63, 3.8) is 0 Å². The molecule has 0 spiro atoms. The van der Waals surface area contributed by atoms with E-state index in [4.69, 9.17) is 4.74 Å². The Labute approximate surface area is 165 Å². The first-order valence-corrected chi connectivity index (χ1v) is 11.0. The standard InChI is InChI=1S/C19H19FN2O4S2/c1-3-28(24,25)15-6-4-5-13(11-15)18(23)21-19-22(9-10-26-2)16-8-7-14(20)12-17(16)27-19/h4-8,11-12H,3,9-10H2,1-2H3. The van der Waals surface area contributed by atoms with Gasteiger partial charge in [0.15, 0.2) is 14.6 Å². The maximum absolute atomic E-state index is 13.6. The molecule has 3 rings (SSSR count). The van der Waals surface area contributed by atoms with E-state index in [1.54, 1.807) is 24.7 Å². The summed E-state index contributed by atoms with van der Waals surface area (Å²) in [6.07, 6.45) is 0. The largest absolute Gasteiger partial charge is 0.383 e. The Balaban J connectivity index is 2.09. The predicted octanol–water partition coefficient (Wildman–Crippen LogP) is 3.02. The third kappa shape index (κ3) is 4.21. The quantitative estimate of drug-likeness (QED) is 0.612. The summed E-state index contributed by atoms with van der Waals surface area (Å²) in [6.45, 7) is 2.39. The van der Waals surface area contributed by atoms with E-state index in [1.165, 1.54) is 47.7 Å². The van der Waals surface area contributed by atoms with Crippen LogP contribution in [0, 0.1) is 5.82 Å². The number of hydrogen-bond acceptors (Lipinski definition) is 5. The average Bonchev–Trinajstić information content (AvgIpc) is 3.02. The van der Waals surface area contributed by atoms with Gasteiger partial charge in [0, 0.05) is 19.2 Å². The Morgan fingerprint density at radius 1 is 1.25 bits per heavy atom. The molecule has 0 aliphatic heterocycles. The van der Waals surface area contributed by atoms with Crippen molar-refractivity contribution >= 4 is 37.3 Å². The fraction of sp³-hybridized carbons (Fsp3) is 0.263. The van der Waals surface area contributed by atoms with Crippen LogP contribution in [-0.4, -0.2) is 38.4 Å². The second-order valence-electron chi connectivity index (χ2n) is 5.99. The number of halogens is 1. The number of hydrogen-bond donors (Lipinski definition) is 0. The van der Waals surface area contributed by atoms with Gasteiger partial charge in [-0.2, -0.15) is 4.99 Å². The van der Waals surface area contributed by atoms with Gasteiger partial charge in [-0.25, -0.2) is 12.8 Å². The summed E-state index contributed by atoms with van der Waals surface area (Å²) < 4.78 is 45.2. The molecular weight excluding hydrogens is 403 g/mol. The molecule has 0 bridgehead atoms. The minimum Gasteiger partial charge on any atom is -0.383 e. The molecule has 3 aromatic rings. The number of fused-ring (bicyclic) bond motifs is 1. The van der Waals surface area contributed by atoms with Crippen LogP contribution >= 0.6 is 11.3 Å². The molecule has 2 aromatic carbocycles. The topological polar surface area (TPSA) is 77.7 Å². The summed E-state index contributed by atoms with van der Waals surface area (Å²) in [5.74, 6) is -0.991. The molecule has 0 aliphatic rings. The molecule has 0 saturated heterocycles. The van der Waals surface area contributed by atoms with Gasteiger partial charge in [-0.15, -0.1) is 0 Å². The number of aromatic nitrogens is 1. The van der Waals surface area contributed by atoms with Gasteiger partial charge in [-0.1, -0.05) is 24.3 Å². The Morgan fingerprint density at radius 3 is 2.75 bits per heavy atom. The van der Waals surface area contributed by atoms with E-state index >= 15 is 0 Å². The second kappa shape index (κ2) is 8.34. The summed E-state index contributed by atoms with van der Waals surface area (Å²) in [5.41, 5.74) is 0.925. The molecule has 0 atom stereocenters. The van der Waals surface area contributed by atoms with Crippen LogP contribution < -0.4 is 4.80 Å². The molecule has 0 saturated carbocycles. The normalized spacial score (nSPS) is 12.6. The third-order valence-corrected chi connectivity index (χ3v) is 6.95. The fourth-order valence-corrected chi connectivity index (χ4v) is 4.68. The van der Waals surface area contributed by atoms with E-state index < -0.39 is 15.7 Å². The first-order valence-electron chi connectivity index (χ1n) is 8.55. The van der Waals surface area contributed by atoms with Gasteiger partial charge < -0.3 is 9.30 Å². The van der Waals surface area contributed by atoms with Crippen LogP contribution in [-0.2, 0) is 21.1 Å². The molecule has 0 fully saturated rings. The number of carbonyl (C=O) groups is 1. The molecule has 0 aliphatic carbocycles. The van der Waals surface area contributed by atoms with E-state index in [-0.39, 0.29) is 22.0 Å². The number of sulfone groups is 1. The van der Waals surface area contributed by atoms with Crippen LogP contribution in [0.4, 0.5) is 4.39 Å². The highest BCUT2D eigenvalue weighted by Gasteiger charge is 2.15. The highest BCUT2D eigenvalue weighted by molar-refractivity contribution is 7.91. The van der Waals surface area contributed by atoms with Crippen molar-refractivity contribution < 1.29 is 22.3 Å². The molecule has 6 nitrogen and oxygen atoms in total. The van der Waals surface area contributed by atoms with Crippen LogP contribution in [0.2, 0.25) is 0 Å². The van der Waals surface area contributed by atoms with Gasteiger partial charge in [0.05, 0.1) is 27.5 Å². The molecule has 1 heterocycles. The average molecular weight is 423 g/mol. The molecular formula is C19H19FN2O4S2. The van der Waals surface area contributed by atoms with E-state index in [0.717, 1.165) is 5.52 Å². The number of carbonyl (C=O) groups excluding carboxylic acids is 1. The number of thiazole rings is 1. The Bertz CT molecular complexity index is 1200. The van der Waals surface area contributed by atoms with Crippen LogP contribution in [0.1, 0.15) is 17.3 Å². The number of methoxy groups -OCH3 is 1. The SMILES string of the molecule is CCS(=O)(=O)c1cccc(C(=O)N=c2sc3cc(F)ccc3n2CCOC)c1. The van der Waals surface area contributed by atoms with Crippen molar-refractivity contribution in [3.8, 4) is 0 Å². The van der Waals surface area contributed by atoms with E-state index in [0.29, 0.717) is 22.7 Å². The maximum Gasteiger partial charge on any atom is 0.279 e. The number of nitrogens with zero attached hydrogens (tertiary/aromatic N) is 2. The second-order valence-corrected chi connectivity index (χ2v) is 9.28. The van der Waals surface area contributed by atoms with Crippen LogP contribution in [0.25, 0.3) is 10.2 Å². The van der Waals surface area contributed by atoms with Crippen LogP contribution in [0.15, 0.2) is 52.4 Å². The fourth-order valence-electron chi connectivity index (χ4n) is 2.67. The minimum atomic E-state index is -3.43. The molecule has 1 aromatic heterocycles. The van der Waals surface area contributed by atoms with Gasteiger partial charge in [-0.3, -0.25) is 4.79 Å². The molecule has 1 amide bonds. The lowest BCUT2D eigenvalue weighted by atomic mass is 10.2. The highest BCUT2D eigenvalue weighted by Crippen LogP contribution is 2.19. The van der Waals surface area contributed by atoms with Gasteiger partial charge in [0.2, 0.25) is 0 Å². The van der Waals surface area contributed by atoms with Crippen LogP contribution in [0.3, 0.4) is 0 Å².